The van der Waals surface area contributed by atoms with Gasteiger partial charge in [0.1, 0.15) is 6.10 Å². The molecule has 1 amide bonds. The van der Waals surface area contributed by atoms with Crippen molar-refractivity contribution < 1.29 is 14.6 Å². The van der Waals surface area contributed by atoms with Gasteiger partial charge in [0.15, 0.2) is 0 Å². The van der Waals surface area contributed by atoms with Gasteiger partial charge in [-0.05, 0) is 38.5 Å². The molecule has 0 aliphatic carbocycles. The molecule has 1 rings (SSSR count). The predicted octanol–water partition coefficient (Wildman–Crippen LogP) is 3.94. The molecule has 4 nitrogen and oxygen atoms in total. The van der Waals surface area contributed by atoms with Crippen molar-refractivity contribution >= 4 is 29.3 Å². The van der Waals surface area contributed by atoms with Crippen LogP contribution in [-0.4, -0.2) is 23.3 Å². The van der Waals surface area contributed by atoms with E-state index in [0.717, 1.165) is 0 Å². The molecule has 0 aromatic heterocycles. The van der Waals surface area contributed by atoms with Crippen LogP contribution in [0.15, 0.2) is 18.2 Å². The second-order valence-corrected chi connectivity index (χ2v) is 6.27. The highest BCUT2D eigenvalue weighted by Gasteiger charge is 2.20. The maximum Gasteiger partial charge on any atom is 0.408 e. The minimum Gasteiger partial charge on any atom is -0.441 e. The van der Waals surface area contributed by atoms with Gasteiger partial charge in [-0.3, -0.25) is 0 Å². The highest BCUT2D eigenvalue weighted by Crippen LogP contribution is 2.28. The van der Waals surface area contributed by atoms with E-state index in [9.17, 15) is 4.79 Å². The molecule has 1 aromatic carbocycles. The summed E-state index contributed by atoms with van der Waals surface area (Å²) in [6.07, 6.45) is -0.825. The normalized spacial score (nSPS) is 12.9. The number of aliphatic hydroxyl groups excluding tert-OH is 1. The van der Waals surface area contributed by atoms with Crippen LogP contribution in [0, 0.1) is 0 Å². The van der Waals surface area contributed by atoms with Crippen LogP contribution in [0.1, 0.15) is 38.9 Å². The molecule has 2 N–H and O–H groups in total. The van der Waals surface area contributed by atoms with Crippen LogP contribution < -0.4 is 5.32 Å². The van der Waals surface area contributed by atoms with Crippen LogP contribution in [0.3, 0.4) is 0 Å². The van der Waals surface area contributed by atoms with E-state index in [0.29, 0.717) is 15.6 Å². The Balaban J connectivity index is 2.83. The smallest absolute Gasteiger partial charge is 0.408 e. The Morgan fingerprint density at radius 1 is 1.35 bits per heavy atom. The second kappa shape index (κ2) is 7.16. The number of ether oxygens (including phenoxy) is 1. The van der Waals surface area contributed by atoms with Crippen molar-refractivity contribution in [2.75, 3.05) is 6.61 Å². The van der Waals surface area contributed by atoms with E-state index < -0.39 is 17.7 Å². The molecule has 6 heteroatoms. The molecule has 0 radical (unpaired) electrons. The molecule has 20 heavy (non-hydrogen) atoms. The zero-order valence-electron chi connectivity index (χ0n) is 11.7. The number of alkyl carbamates (subject to hydrolysis) is 1. The number of rotatable bonds is 4. The van der Waals surface area contributed by atoms with Crippen LogP contribution in [0.2, 0.25) is 10.0 Å². The number of hydrogen-bond acceptors (Lipinski definition) is 3. The second-order valence-electron chi connectivity index (χ2n) is 5.45. The van der Waals surface area contributed by atoms with E-state index in [1.807, 2.05) is 20.8 Å². The number of halogens is 2. The fourth-order valence-corrected chi connectivity index (χ4v) is 1.89. The summed E-state index contributed by atoms with van der Waals surface area (Å²) in [7, 11) is 0. The lowest BCUT2D eigenvalue weighted by Gasteiger charge is -2.23. The molecule has 0 aliphatic rings. The van der Waals surface area contributed by atoms with Gasteiger partial charge < -0.3 is 15.2 Å². The number of carbonyl (C=O) groups is 1. The lowest BCUT2D eigenvalue weighted by molar-refractivity contribution is 0.0750. The predicted molar refractivity (Wildman–Crippen MR) is 80.3 cm³/mol. The molecule has 0 aliphatic heterocycles. The number of nitrogens with one attached hydrogen (secondary N) is 1. The Morgan fingerprint density at radius 3 is 2.50 bits per heavy atom. The molecule has 0 saturated heterocycles. The Bertz CT molecular complexity index is 472. The molecule has 0 fully saturated rings. The minimum absolute atomic E-state index is 0.103. The summed E-state index contributed by atoms with van der Waals surface area (Å²) in [4.78, 5) is 11.8. The van der Waals surface area contributed by atoms with Crippen LogP contribution in [0.4, 0.5) is 4.79 Å². The van der Waals surface area contributed by atoms with Gasteiger partial charge in [-0.2, -0.15) is 0 Å². The van der Waals surface area contributed by atoms with Crippen molar-refractivity contribution in [2.45, 2.75) is 38.8 Å². The quantitative estimate of drug-likeness (QED) is 0.883. The number of carbonyl (C=O) groups excluding carboxylic acids is 1. The molecular formula is C14H19Cl2NO3. The van der Waals surface area contributed by atoms with Gasteiger partial charge in [0.25, 0.3) is 0 Å². The lowest BCUT2D eigenvalue weighted by Crippen LogP contribution is -2.41. The van der Waals surface area contributed by atoms with Gasteiger partial charge in [-0.25, -0.2) is 4.79 Å². The average Bonchev–Trinajstić information content (AvgIpc) is 2.30. The first kappa shape index (κ1) is 17.1. The lowest BCUT2D eigenvalue weighted by atomic mass is 10.1. The Hall–Kier alpha value is -0.970. The van der Waals surface area contributed by atoms with Crippen molar-refractivity contribution in [1.82, 2.24) is 5.32 Å². The molecule has 0 bridgehead atoms. The number of hydrogen-bond donors (Lipinski definition) is 2. The van der Waals surface area contributed by atoms with E-state index in [4.69, 9.17) is 33.0 Å². The third kappa shape index (κ3) is 5.57. The Kier molecular flexibility index (Phi) is 6.11. The molecule has 0 saturated carbocycles. The fourth-order valence-electron chi connectivity index (χ4n) is 1.59. The maximum atomic E-state index is 11.8. The zero-order valence-corrected chi connectivity index (χ0v) is 13.3. The van der Waals surface area contributed by atoms with Crippen molar-refractivity contribution in [3.05, 3.63) is 33.8 Å². The van der Waals surface area contributed by atoms with Crippen LogP contribution in [0.25, 0.3) is 0 Å². The maximum absolute atomic E-state index is 11.8. The summed E-state index contributed by atoms with van der Waals surface area (Å²) >= 11 is 11.8. The standard InChI is InChI=1S/C14H19Cl2NO3/c1-14(2,3)17-13(19)20-12(6-7-18)9-4-5-10(15)11(16)8-9/h4-5,8,12,18H,6-7H2,1-3H3,(H,17,19). The average molecular weight is 320 g/mol. The summed E-state index contributed by atoms with van der Waals surface area (Å²) in [6, 6.07) is 4.99. The molecule has 0 spiro atoms. The molecule has 1 unspecified atom stereocenters. The Morgan fingerprint density at radius 2 is 2.00 bits per heavy atom. The van der Waals surface area contributed by atoms with Crippen LogP contribution in [0.5, 0.6) is 0 Å². The summed E-state index contributed by atoms with van der Waals surface area (Å²) in [5.74, 6) is 0. The molecule has 0 heterocycles. The summed E-state index contributed by atoms with van der Waals surface area (Å²) in [5, 5.41) is 12.6. The first-order valence-electron chi connectivity index (χ1n) is 6.27. The van der Waals surface area contributed by atoms with Gasteiger partial charge in [-0.15, -0.1) is 0 Å². The van der Waals surface area contributed by atoms with Crippen molar-refractivity contribution in [1.29, 1.82) is 0 Å². The van der Waals surface area contributed by atoms with Crippen molar-refractivity contribution in [3.8, 4) is 0 Å². The van der Waals surface area contributed by atoms with Crippen molar-refractivity contribution in [2.24, 2.45) is 0 Å². The van der Waals surface area contributed by atoms with Gasteiger partial charge in [-0.1, -0.05) is 29.3 Å². The fraction of sp³-hybridized carbons (Fsp3) is 0.500. The monoisotopic (exact) mass is 319 g/mol. The molecule has 112 valence electrons. The first-order chi connectivity index (χ1) is 9.23. The largest absolute Gasteiger partial charge is 0.441 e. The SMILES string of the molecule is CC(C)(C)NC(=O)OC(CCO)c1ccc(Cl)c(Cl)c1. The number of aliphatic hydroxyl groups is 1. The third-order valence-electron chi connectivity index (χ3n) is 2.43. The minimum atomic E-state index is -0.572. The van der Waals surface area contributed by atoms with E-state index in [1.54, 1.807) is 18.2 Å². The van der Waals surface area contributed by atoms with Gasteiger partial charge in [0, 0.05) is 18.6 Å². The number of benzene rings is 1. The van der Waals surface area contributed by atoms with Crippen LogP contribution in [-0.2, 0) is 4.74 Å². The van der Waals surface area contributed by atoms with E-state index >= 15 is 0 Å². The Labute approximate surface area is 129 Å². The third-order valence-corrected chi connectivity index (χ3v) is 3.17. The highest BCUT2D eigenvalue weighted by molar-refractivity contribution is 6.42. The topological polar surface area (TPSA) is 58.6 Å². The molecule has 1 atom stereocenters. The van der Waals surface area contributed by atoms with Gasteiger partial charge in [0.2, 0.25) is 0 Å². The van der Waals surface area contributed by atoms with Gasteiger partial charge >= 0.3 is 6.09 Å². The summed E-state index contributed by atoms with van der Waals surface area (Å²) in [5.41, 5.74) is 0.302. The molecular weight excluding hydrogens is 301 g/mol. The first-order valence-corrected chi connectivity index (χ1v) is 7.03. The molecule has 1 aromatic rings. The number of amides is 1. The zero-order chi connectivity index (χ0) is 15.3. The summed E-state index contributed by atoms with van der Waals surface area (Å²) in [6.45, 7) is 5.46. The van der Waals surface area contributed by atoms with E-state index in [1.165, 1.54) is 0 Å². The highest BCUT2D eigenvalue weighted by atomic mass is 35.5. The van der Waals surface area contributed by atoms with E-state index in [2.05, 4.69) is 5.32 Å². The van der Waals surface area contributed by atoms with Gasteiger partial charge in [0.05, 0.1) is 10.0 Å². The van der Waals surface area contributed by atoms with Crippen LogP contribution >= 0.6 is 23.2 Å². The summed E-state index contributed by atoms with van der Waals surface area (Å²) < 4.78 is 5.34. The van der Waals surface area contributed by atoms with Crippen molar-refractivity contribution in [3.63, 3.8) is 0 Å². The van der Waals surface area contributed by atoms with E-state index in [-0.39, 0.29) is 13.0 Å².